The maximum atomic E-state index is 13.3. The first-order chi connectivity index (χ1) is 11.6. The predicted molar refractivity (Wildman–Crippen MR) is 99.5 cm³/mol. The number of benzene rings is 1. The van der Waals surface area contributed by atoms with Crippen molar-refractivity contribution in [3.8, 4) is 0 Å². The van der Waals surface area contributed by atoms with E-state index in [1.54, 1.807) is 28.6 Å². The molecular formula is C18H23ClN2O3S. The van der Waals surface area contributed by atoms with Gasteiger partial charge in [0.1, 0.15) is 0 Å². The van der Waals surface area contributed by atoms with E-state index in [0.717, 1.165) is 12.8 Å². The average molecular weight is 383 g/mol. The van der Waals surface area contributed by atoms with E-state index in [-0.39, 0.29) is 12.5 Å². The second kappa shape index (κ2) is 6.41. The average Bonchev–Trinajstić information content (AvgIpc) is 3.31. The molecule has 5 nitrogen and oxygen atoms in total. The van der Waals surface area contributed by atoms with Crippen LogP contribution in [0.4, 0.5) is 0 Å². The summed E-state index contributed by atoms with van der Waals surface area (Å²) in [6, 6.07) is 6.82. The van der Waals surface area contributed by atoms with Gasteiger partial charge in [0.05, 0.1) is 10.4 Å². The highest BCUT2D eigenvalue weighted by molar-refractivity contribution is 7.98. The molecule has 1 aliphatic carbocycles. The summed E-state index contributed by atoms with van der Waals surface area (Å²) in [6.45, 7) is 5.98. The quantitative estimate of drug-likeness (QED) is 0.851. The van der Waals surface area contributed by atoms with Crippen LogP contribution in [-0.2, 0) is 14.8 Å². The molecule has 0 saturated heterocycles. The van der Waals surface area contributed by atoms with E-state index in [9.17, 15) is 13.2 Å². The zero-order valence-electron chi connectivity index (χ0n) is 14.7. The van der Waals surface area contributed by atoms with Gasteiger partial charge in [-0.3, -0.25) is 4.79 Å². The normalized spacial score (nSPS) is 22.2. The highest BCUT2D eigenvalue weighted by atomic mass is 35.5. The van der Waals surface area contributed by atoms with Crippen molar-refractivity contribution in [2.75, 3.05) is 13.1 Å². The number of amides is 1. The number of carbonyl (C=O) groups is 1. The van der Waals surface area contributed by atoms with Crippen molar-refractivity contribution in [3.05, 3.63) is 40.4 Å². The molecule has 0 radical (unpaired) electrons. The molecule has 0 unspecified atom stereocenters. The lowest BCUT2D eigenvalue weighted by atomic mass is 9.91. The summed E-state index contributed by atoms with van der Waals surface area (Å²) < 4.78 is 28.3. The molecule has 1 aliphatic heterocycles. The van der Waals surface area contributed by atoms with Gasteiger partial charge < -0.3 is 5.32 Å². The Labute approximate surface area is 154 Å². The van der Waals surface area contributed by atoms with Crippen molar-refractivity contribution < 1.29 is 13.2 Å². The summed E-state index contributed by atoms with van der Waals surface area (Å²) >= 11 is 5.96. The number of halogens is 1. The zero-order valence-corrected chi connectivity index (χ0v) is 16.2. The second-order valence-electron chi connectivity index (χ2n) is 7.26. The molecule has 1 amide bonds. The van der Waals surface area contributed by atoms with Crippen LogP contribution in [0.25, 0.3) is 4.91 Å². The zero-order chi connectivity index (χ0) is 18.4. The van der Waals surface area contributed by atoms with Gasteiger partial charge in [-0.2, -0.15) is 4.31 Å². The summed E-state index contributed by atoms with van der Waals surface area (Å²) in [5.74, 6) is 0.248. The first kappa shape index (κ1) is 18.4. The van der Waals surface area contributed by atoms with Gasteiger partial charge in [0.15, 0.2) is 0 Å². The molecule has 1 aromatic carbocycles. The lowest BCUT2D eigenvalue weighted by molar-refractivity contribution is -0.118. The van der Waals surface area contributed by atoms with Crippen LogP contribution in [0.5, 0.6) is 0 Å². The van der Waals surface area contributed by atoms with Crippen molar-refractivity contribution in [1.82, 2.24) is 9.62 Å². The molecule has 1 fully saturated rings. The van der Waals surface area contributed by atoms with Crippen LogP contribution in [0.15, 0.2) is 29.8 Å². The monoisotopic (exact) mass is 382 g/mol. The topological polar surface area (TPSA) is 66.5 Å². The van der Waals surface area contributed by atoms with E-state index in [2.05, 4.69) is 5.32 Å². The van der Waals surface area contributed by atoms with Gasteiger partial charge in [0.25, 0.3) is 0 Å². The van der Waals surface area contributed by atoms with E-state index in [4.69, 9.17) is 11.6 Å². The molecule has 0 bridgehead atoms. The Kier molecular flexibility index (Phi) is 4.73. The predicted octanol–water partition coefficient (Wildman–Crippen LogP) is 3.02. The lowest BCUT2D eigenvalue weighted by Crippen LogP contribution is -2.46. The number of hydrogen-bond donors (Lipinski definition) is 1. The summed E-state index contributed by atoms with van der Waals surface area (Å²) in [7, 11) is -3.63. The van der Waals surface area contributed by atoms with E-state index < -0.39 is 15.6 Å². The van der Waals surface area contributed by atoms with Crippen LogP contribution in [0.3, 0.4) is 0 Å². The molecule has 1 N–H and O–H groups in total. The van der Waals surface area contributed by atoms with Crippen LogP contribution >= 0.6 is 11.6 Å². The van der Waals surface area contributed by atoms with Crippen LogP contribution in [0.1, 0.15) is 39.2 Å². The summed E-state index contributed by atoms with van der Waals surface area (Å²) in [5, 5.41) is 3.32. The molecule has 7 heteroatoms. The number of rotatable bonds is 5. The molecule has 3 rings (SSSR count). The minimum absolute atomic E-state index is 0.184. The maximum Gasteiger partial charge on any atom is 0.244 e. The summed E-state index contributed by atoms with van der Waals surface area (Å²) in [5.41, 5.74) is 0.639. The Morgan fingerprint density at radius 1 is 1.28 bits per heavy atom. The third-order valence-electron chi connectivity index (χ3n) is 4.93. The van der Waals surface area contributed by atoms with Crippen molar-refractivity contribution in [2.45, 2.75) is 39.2 Å². The largest absolute Gasteiger partial charge is 0.352 e. The van der Waals surface area contributed by atoms with E-state index in [1.165, 1.54) is 6.92 Å². The molecule has 0 spiro atoms. The highest BCUT2D eigenvalue weighted by Crippen LogP contribution is 2.47. The van der Waals surface area contributed by atoms with Crippen LogP contribution < -0.4 is 5.32 Å². The van der Waals surface area contributed by atoms with E-state index in [0.29, 0.717) is 33.5 Å². The van der Waals surface area contributed by atoms with Crippen LogP contribution in [0.2, 0.25) is 5.02 Å². The Morgan fingerprint density at radius 3 is 2.40 bits per heavy atom. The second-order valence-corrected chi connectivity index (χ2v) is 9.50. The van der Waals surface area contributed by atoms with E-state index >= 15 is 0 Å². The first-order valence-corrected chi connectivity index (χ1v) is 10.2. The molecule has 1 saturated carbocycles. The highest BCUT2D eigenvalue weighted by Gasteiger charge is 2.51. The fourth-order valence-corrected chi connectivity index (χ4v) is 5.82. The Morgan fingerprint density at radius 2 is 1.88 bits per heavy atom. The molecule has 25 heavy (non-hydrogen) atoms. The van der Waals surface area contributed by atoms with Gasteiger partial charge in [-0.05, 0) is 55.9 Å². The molecule has 0 atom stereocenters. The summed E-state index contributed by atoms with van der Waals surface area (Å²) in [4.78, 5) is 11.7. The van der Waals surface area contributed by atoms with Gasteiger partial charge in [-0.15, -0.1) is 0 Å². The summed E-state index contributed by atoms with van der Waals surface area (Å²) in [6.07, 6.45) is 2.14. The number of hydrogen-bond acceptors (Lipinski definition) is 3. The van der Waals surface area contributed by atoms with Crippen molar-refractivity contribution in [1.29, 1.82) is 0 Å². The molecule has 1 heterocycles. The molecular weight excluding hydrogens is 360 g/mol. The van der Waals surface area contributed by atoms with Gasteiger partial charge in [-0.1, -0.05) is 23.7 Å². The fraction of sp³-hybridized carbons (Fsp3) is 0.500. The fourth-order valence-electron chi connectivity index (χ4n) is 3.29. The van der Waals surface area contributed by atoms with Crippen molar-refractivity contribution in [2.24, 2.45) is 5.92 Å². The number of nitrogens with one attached hydrogen (secondary N) is 1. The molecule has 1 aromatic rings. The standard InChI is InChI=1S/C18H23ClN2O3S/c1-12(22)20-10-16-17(14-6-8-15(19)9-7-14)25(23,24)21(18(16,2)3)11-13-4-5-13/h6-9,13H,4-5,10-11H2,1-3H3,(H,20,22). The molecule has 0 aromatic heterocycles. The van der Waals surface area contributed by atoms with E-state index in [1.807, 2.05) is 13.8 Å². The third kappa shape index (κ3) is 3.48. The van der Waals surface area contributed by atoms with Gasteiger partial charge in [0.2, 0.25) is 15.9 Å². The van der Waals surface area contributed by atoms with Gasteiger partial charge in [0, 0.05) is 25.0 Å². The molecule has 2 aliphatic rings. The first-order valence-electron chi connectivity index (χ1n) is 8.41. The SMILES string of the molecule is CC(=O)NCC1=C(c2ccc(Cl)cc2)S(=O)(=O)N(CC2CC2)C1(C)C. The lowest BCUT2D eigenvalue weighted by Gasteiger charge is -2.32. The Hall–Kier alpha value is -1.37. The minimum atomic E-state index is -3.63. The van der Waals surface area contributed by atoms with Crippen LogP contribution in [-0.4, -0.2) is 37.3 Å². The number of sulfonamides is 1. The smallest absolute Gasteiger partial charge is 0.244 e. The van der Waals surface area contributed by atoms with Crippen LogP contribution in [0, 0.1) is 5.92 Å². The maximum absolute atomic E-state index is 13.3. The van der Waals surface area contributed by atoms with Crippen molar-refractivity contribution >= 4 is 32.4 Å². The van der Waals surface area contributed by atoms with Gasteiger partial charge in [-0.25, -0.2) is 8.42 Å². The minimum Gasteiger partial charge on any atom is -0.352 e. The Bertz CT molecular complexity index is 824. The molecule has 136 valence electrons. The third-order valence-corrected chi connectivity index (χ3v) is 7.36. The van der Waals surface area contributed by atoms with Gasteiger partial charge >= 0.3 is 0 Å². The number of nitrogens with zero attached hydrogens (tertiary/aromatic N) is 1. The van der Waals surface area contributed by atoms with Crippen molar-refractivity contribution in [3.63, 3.8) is 0 Å². The number of carbonyl (C=O) groups excluding carboxylic acids is 1. The Balaban J connectivity index is 2.12.